The van der Waals surface area contributed by atoms with Gasteiger partial charge in [0.1, 0.15) is 5.58 Å². The zero-order chi connectivity index (χ0) is 75.5. The number of para-hydroxylation sites is 1. The molecule has 536 valence electrons. The van der Waals surface area contributed by atoms with E-state index in [1.165, 1.54) is 131 Å². The number of nitrogens with zero attached hydrogens (tertiary/aromatic N) is 2. The predicted molar refractivity (Wildman–Crippen MR) is 479 cm³/mol. The number of thiophene rings is 1. The normalized spacial score (nSPS) is 12.7. The summed E-state index contributed by atoms with van der Waals surface area (Å²) in [6, 6.07) is 163. The van der Waals surface area contributed by atoms with Crippen LogP contribution in [-0.4, -0.2) is 0 Å². The molecule has 0 radical (unpaired) electrons. The molecule has 18 aromatic carbocycles. The predicted octanol–water partition coefficient (Wildman–Crippen LogP) is 30.0. The Labute approximate surface area is 668 Å². The molecule has 0 unspecified atom stereocenters. The number of hydrogen-bond acceptors (Lipinski definition) is 4. The zero-order valence-corrected chi connectivity index (χ0v) is 63.3. The highest BCUT2D eigenvalue weighted by atomic mass is 32.1. The van der Waals surface area contributed by atoms with E-state index in [-0.39, 0.29) is 0 Å². The molecule has 114 heavy (non-hydrogen) atoms. The van der Waals surface area contributed by atoms with Crippen LogP contribution in [0.5, 0.6) is 0 Å². The van der Waals surface area contributed by atoms with Crippen molar-refractivity contribution in [3.05, 3.63) is 493 Å². The third-order valence-electron chi connectivity index (χ3n) is 23.5. The molecule has 2 heterocycles. The fraction of sp³-hybridized carbons (Fsp3) is 0.0182. The molecular weight excluding hydrogens is 1400 g/mol. The topological polar surface area (TPSA) is 19.6 Å². The molecule has 0 fully saturated rings. The minimum Gasteiger partial charge on any atom is -0.454 e. The van der Waals surface area contributed by atoms with E-state index < -0.39 is 10.8 Å². The molecule has 0 saturated carbocycles. The molecule has 2 aliphatic rings. The number of rotatable bonds is 14. The van der Waals surface area contributed by atoms with E-state index in [0.29, 0.717) is 0 Å². The largest absolute Gasteiger partial charge is 0.454 e. The van der Waals surface area contributed by atoms with Crippen molar-refractivity contribution in [1.82, 2.24) is 0 Å². The molecule has 0 spiro atoms. The molecule has 0 bridgehead atoms. The molecule has 0 aliphatic heterocycles. The van der Waals surface area contributed by atoms with Gasteiger partial charge in [0.05, 0.1) is 16.5 Å². The number of fused-ring (bicyclic) bond motifs is 12. The third-order valence-corrected chi connectivity index (χ3v) is 24.7. The first-order chi connectivity index (χ1) is 56.5. The Morgan fingerprint density at radius 1 is 0.211 bits per heavy atom. The van der Waals surface area contributed by atoms with Crippen LogP contribution >= 0.6 is 11.3 Å². The summed E-state index contributed by atoms with van der Waals surface area (Å²) in [6.45, 7) is 0. The van der Waals surface area contributed by atoms with E-state index in [4.69, 9.17) is 4.42 Å². The van der Waals surface area contributed by atoms with Crippen LogP contribution in [0.4, 0.5) is 34.1 Å². The lowest BCUT2D eigenvalue weighted by Gasteiger charge is -2.34. The monoisotopic (exact) mass is 1470 g/mol. The van der Waals surface area contributed by atoms with Crippen molar-refractivity contribution < 1.29 is 4.42 Å². The van der Waals surface area contributed by atoms with Crippen LogP contribution in [0.1, 0.15) is 44.5 Å². The van der Waals surface area contributed by atoms with Gasteiger partial charge in [-0.25, -0.2) is 0 Å². The van der Waals surface area contributed by atoms with Crippen LogP contribution in [0, 0.1) is 0 Å². The lowest BCUT2D eigenvalue weighted by atomic mass is 9.67. The fourth-order valence-corrected chi connectivity index (χ4v) is 19.7. The average molecular weight is 1470 g/mol. The van der Waals surface area contributed by atoms with Gasteiger partial charge in [-0.2, -0.15) is 0 Å². The van der Waals surface area contributed by atoms with Gasteiger partial charge < -0.3 is 14.2 Å². The summed E-state index contributed by atoms with van der Waals surface area (Å²) in [6.07, 6.45) is 0. The quantitative estimate of drug-likeness (QED) is 0.108. The second-order valence-electron chi connectivity index (χ2n) is 29.7. The lowest BCUT2D eigenvalue weighted by Crippen LogP contribution is -2.28. The van der Waals surface area contributed by atoms with E-state index in [9.17, 15) is 0 Å². The highest BCUT2D eigenvalue weighted by Gasteiger charge is 2.48. The third kappa shape index (κ3) is 11.3. The Balaban J connectivity index is 0.000000143. The van der Waals surface area contributed by atoms with Gasteiger partial charge in [0.15, 0.2) is 5.58 Å². The van der Waals surface area contributed by atoms with Crippen molar-refractivity contribution >= 4 is 87.6 Å². The van der Waals surface area contributed by atoms with E-state index in [1.54, 1.807) is 0 Å². The van der Waals surface area contributed by atoms with E-state index in [1.807, 2.05) is 11.3 Å². The lowest BCUT2D eigenvalue weighted by molar-refractivity contribution is 0.668. The average Bonchev–Trinajstić information content (AvgIpc) is 1.52. The van der Waals surface area contributed by atoms with Gasteiger partial charge in [0.2, 0.25) is 0 Å². The minimum atomic E-state index is -0.489. The second-order valence-corrected chi connectivity index (χ2v) is 30.7. The van der Waals surface area contributed by atoms with Crippen molar-refractivity contribution in [2.75, 3.05) is 9.80 Å². The van der Waals surface area contributed by atoms with Crippen LogP contribution in [0.25, 0.3) is 109 Å². The second kappa shape index (κ2) is 28.5. The molecule has 2 aliphatic carbocycles. The molecule has 3 nitrogen and oxygen atoms in total. The fourth-order valence-electron chi connectivity index (χ4n) is 18.4. The summed E-state index contributed by atoms with van der Waals surface area (Å²) in [5.41, 5.74) is 32.3. The standard InChI is InChI=1S/C55H37NO.C55H37NS/c1-4-15-38(16-5-1)40-27-32-44(33-28-40)56(45-34-29-41(30-35-45)39-17-6-2-7-18-39)52-26-14-23-48-49-37-43(31-36-53(49)57-54(48)52)55(42-19-8-3-9-20-42)50-24-12-10-21-46(50)47-22-11-13-25-51(47)55;1-4-16-38(17-5-1)40-30-32-43(33-31-40)56(44-23-14-20-41(36-44)39-18-6-2-7-19-39)45-34-35-48-49-26-15-29-52(54(49)57-53(48)37-45)55(42-21-8-3-9-22-42)50-27-12-10-24-46(50)47-25-11-13-28-51(47)55/h2*1-37H. The first-order valence-corrected chi connectivity index (χ1v) is 40.0. The van der Waals surface area contributed by atoms with Gasteiger partial charge in [0, 0.05) is 59.4 Å². The van der Waals surface area contributed by atoms with Gasteiger partial charge in [-0.15, -0.1) is 11.3 Å². The van der Waals surface area contributed by atoms with Gasteiger partial charge in [-0.3, -0.25) is 0 Å². The molecule has 0 N–H and O–H groups in total. The molecule has 0 atom stereocenters. The van der Waals surface area contributed by atoms with E-state index >= 15 is 0 Å². The summed E-state index contributed by atoms with van der Waals surface area (Å²) >= 11 is 1.91. The Kier molecular flexibility index (Phi) is 16.9. The zero-order valence-electron chi connectivity index (χ0n) is 62.4. The summed E-state index contributed by atoms with van der Waals surface area (Å²) in [5.74, 6) is 0. The maximum Gasteiger partial charge on any atom is 0.159 e. The minimum absolute atomic E-state index is 0.456. The van der Waals surface area contributed by atoms with Crippen molar-refractivity contribution in [2.24, 2.45) is 0 Å². The molecule has 0 amide bonds. The highest BCUT2D eigenvalue weighted by molar-refractivity contribution is 7.26. The maximum absolute atomic E-state index is 6.95. The van der Waals surface area contributed by atoms with Gasteiger partial charge in [0.25, 0.3) is 0 Å². The molecule has 2 aromatic heterocycles. The Morgan fingerprint density at radius 3 is 1.08 bits per heavy atom. The SMILES string of the molecule is c1ccc(-c2ccc(N(c3ccc(-c4ccccc4)cc3)c3cccc4c3oc3ccc(C5(c6ccccc6)c6ccccc6-c6ccccc65)cc34)cc2)cc1.c1ccc(-c2ccc(N(c3cccc(-c4ccccc4)c3)c3ccc4c(c3)sc3c(C5(c6ccccc6)c6ccccc6-c6ccccc65)cccc34)cc2)cc1. The smallest absolute Gasteiger partial charge is 0.159 e. The Hall–Kier alpha value is -14.4. The number of anilines is 6. The summed E-state index contributed by atoms with van der Waals surface area (Å²) in [4.78, 5) is 4.73. The van der Waals surface area contributed by atoms with Crippen LogP contribution < -0.4 is 9.80 Å². The van der Waals surface area contributed by atoms with Gasteiger partial charge >= 0.3 is 0 Å². The molecule has 20 aromatic rings. The number of furan rings is 1. The maximum atomic E-state index is 6.95. The van der Waals surface area contributed by atoms with Crippen molar-refractivity contribution in [1.29, 1.82) is 0 Å². The Bertz CT molecular complexity index is 6760. The van der Waals surface area contributed by atoms with E-state index in [2.05, 4.69) is 459 Å². The van der Waals surface area contributed by atoms with Crippen LogP contribution in [0.15, 0.2) is 453 Å². The van der Waals surface area contributed by atoms with Crippen molar-refractivity contribution in [2.45, 2.75) is 10.8 Å². The molecule has 0 saturated heterocycles. The molecule has 4 heteroatoms. The molecule has 22 rings (SSSR count). The first-order valence-electron chi connectivity index (χ1n) is 39.2. The summed E-state index contributed by atoms with van der Waals surface area (Å²) in [5, 5.41) is 4.75. The van der Waals surface area contributed by atoms with Crippen LogP contribution in [0.3, 0.4) is 0 Å². The number of hydrogen-bond donors (Lipinski definition) is 0. The summed E-state index contributed by atoms with van der Waals surface area (Å²) in [7, 11) is 0. The summed E-state index contributed by atoms with van der Waals surface area (Å²) < 4.78 is 9.54. The van der Waals surface area contributed by atoms with Crippen molar-refractivity contribution in [3.63, 3.8) is 0 Å². The van der Waals surface area contributed by atoms with E-state index in [0.717, 1.165) is 56.1 Å². The van der Waals surface area contributed by atoms with Crippen LogP contribution in [0.2, 0.25) is 0 Å². The molecular formula is C110H74N2OS. The van der Waals surface area contributed by atoms with Gasteiger partial charge in [-0.05, 0) is 190 Å². The first kappa shape index (κ1) is 67.7. The number of benzene rings is 18. The van der Waals surface area contributed by atoms with Gasteiger partial charge in [-0.1, -0.05) is 370 Å². The highest BCUT2D eigenvalue weighted by Crippen LogP contribution is 2.60. The Morgan fingerprint density at radius 2 is 0.579 bits per heavy atom. The van der Waals surface area contributed by atoms with Crippen LogP contribution in [-0.2, 0) is 10.8 Å². The van der Waals surface area contributed by atoms with Crippen molar-refractivity contribution in [3.8, 4) is 66.8 Å².